The van der Waals surface area contributed by atoms with Gasteiger partial charge in [0.25, 0.3) is 0 Å². The summed E-state index contributed by atoms with van der Waals surface area (Å²) < 4.78 is 0. The van der Waals surface area contributed by atoms with Crippen molar-refractivity contribution in [2.24, 2.45) is 17.8 Å². The summed E-state index contributed by atoms with van der Waals surface area (Å²) in [6.45, 7) is 1.10. The molecule has 3 amide bonds. The molecule has 5 atom stereocenters. The van der Waals surface area contributed by atoms with E-state index >= 15 is 0 Å². The number of carbonyl (C=O) groups is 4. The molecule has 0 bridgehead atoms. The first-order valence-corrected chi connectivity index (χ1v) is 12.1. The lowest BCUT2D eigenvalue weighted by Gasteiger charge is -2.27. The van der Waals surface area contributed by atoms with Gasteiger partial charge >= 0.3 is 0 Å². The number of likely N-dealkylation sites (tertiary alicyclic amines) is 1. The van der Waals surface area contributed by atoms with Gasteiger partial charge in [-0.1, -0.05) is 35.7 Å². The van der Waals surface area contributed by atoms with E-state index in [2.05, 4.69) is 10.6 Å². The van der Waals surface area contributed by atoms with Crippen LogP contribution in [0.1, 0.15) is 37.7 Å². The molecule has 1 aromatic rings. The molecule has 3 fully saturated rings. The number of carbonyl (C=O) groups excluding carboxylic acids is 4. The molecule has 2 N–H and O–H groups in total. The highest BCUT2D eigenvalue weighted by Crippen LogP contribution is 2.42. The van der Waals surface area contributed by atoms with Gasteiger partial charge in [-0.05, 0) is 61.3 Å². The molecule has 7 nitrogen and oxygen atoms in total. The Bertz CT molecular complexity index is 982. The molecule has 0 aromatic heterocycles. The first-order chi connectivity index (χ1) is 15.9. The normalized spacial score (nSPS) is 27.5. The van der Waals surface area contributed by atoms with Crippen LogP contribution in [0.3, 0.4) is 0 Å². The summed E-state index contributed by atoms with van der Waals surface area (Å²) in [6, 6.07) is 3.64. The highest BCUT2D eigenvalue weighted by Gasteiger charge is 2.49. The second-order valence-electron chi connectivity index (χ2n) is 9.05. The molecule has 176 valence electrons. The van der Waals surface area contributed by atoms with Gasteiger partial charge in [-0.25, -0.2) is 0 Å². The summed E-state index contributed by atoms with van der Waals surface area (Å²) in [5.41, 5.74) is 0.658. The number of aldehydes is 1. The molecule has 33 heavy (non-hydrogen) atoms. The summed E-state index contributed by atoms with van der Waals surface area (Å²) in [5.74, 6) is -0.626. The van der Waals surface area contributed by atoms with E-state index in [0.29, 0.717) is 41.4 Å². The van der Waals surface area contributed by atoms with Crippen LogP contribution in [0, 0.1) is 17.8 Å². The fourth-order valence-electron chi connectivity index (χ4n) is 5.35. The molecular weight excluding hydrogens is 465 g/mol. The van der Waals surface area contributed by atoms with Crippen LogP contribution >= 0.6 is 23.2 Å². The third-order valence-electron chi connectivity index (χ3n) is 7.00. The molecule has 4 rings (SSSR count). The molecule has 1 unspecified atom stereocenters. The van der Waals surface area contributed by atoms with E-state index in [1.807, 2.05) is 0 Å². The predicted octanol–water partition coefficient (Wildman–Crippen LogP) is 2.84. The van der Waals surface area contributed by atoms with E-state index in [-0.39, 0.29) is 41.9 Å². The molecule has 2 saturated heterocycles. The Hall–Kier alpha value is -2.38. The predicted molar refractivity (Wildman–Crippen MR) is 126 cm³/mol. The van der Waals surface area contributed by atoms with E-state index in [1.54, 1.807) is 29.2 Å². The monoisotopic (exact) mass is 491 g/mol. The van der Waals surface area contributed by atoms with Crippen LogP contribution in [0.2, 0.25) is 10.0 Å². The van der Waals surface area contributed by atoms with Crippen molar-refractivity contribution in [3.05, 3.63) is 39.9 Å². The van der Waals surface area contributed by atoms with Crippen LogP contribution in [0.25, 0.3) is 6.08 Å². The zero-order valence-corrected chi connectivity index (χ0v) is 19.6. The summed E-state index contributed by atoms with van der Waals surface area (Å²) in [6.07, 6.45) is 7.52. The number of hydrogen-bond donors (Lipinski definition) is 2. The third-order valence-corrected chi connectivity index (χ3v) is 7.57. The van der Waals surface area contributed by atoms with Gasteiger partial charge in [-0.3, -0.25) is 14.4 Å². The molecular formula is C24H27Cl2N3O4. The lowest BCUT2D eigenvalue weighted by Crippen LogP contribution is -2.51. The number of nitrogens with zero attached hydrogens (tertiary/aromatic N) is 1. The lowest BCUT2D eigenvalue weighted by atomic mass is 9.92. The van der Waals surface area contributed by atoms with Crippen LogP contribution in [-0.4, -0.2) is 54.1 Å². The van der Waals surface area contributed by atoms with Gasteiger partial charge < -0.3 is 20.3 Å². The van der Waals surface area contributed by atoms with Crippen molar-refractivity contribution in [2.45, 2.75) is 44.2 Å². The molecule has 0 spiro atoms. The number of hydrogen-bond acceptors (Lipinski definition) is 4. The minimum absolute atomic E-state index is 0.0727. The molecule has 1 aliphatic carbocycles. The van der Waals surface area contributed by atoms with E-state index in [4.69, 9.17) is 23.2 Å². The van der Waals surface area contributed by atoms with E-state index in [9.17, 15) is 19.2 Å². The molecule has 2 heterocycles. The van der Waals surface area contributed by atoms with Crippen molar-refractivity contribution in [3.8, 4) is 0 Å². The maximum atomic E-state index is 13.3. The van der Waals surface area contributed by atoms with Crippen LogP contribution in [-0.2, 0) is 19.2 Å². The van der Waals surface area contributed by atoms with Crippen LogP contribution in [0.4, 0.5) is 0 Å². The van der Waals surface area contributed by atoms with Crippen molar-refractivity contribution < 1.29 is 19.2 Å². The molecule has 3 aliphatic rings. The minimum atomic E-state index is -0.757. The fourth-order valence-corrected chi connectivity index (χ4v) is 5.83. The second-order valence-corrected chi connectivity index (χ2v) is 9.90. The smallest absolute Gasteiger partial charge is 0.247 e. The maximum absolute atomic E-state index is 13.3. The number of rotatable bonds is 7. The summed E-state index contributed by atoms with van der Waals surface area (Å²) >= 11 is 12.1. The Morgan fingerprint density at radius 2 is 2.06 bits per heavy atom. The van der Waals surface area contributed by atoms with Gasteiger partial charge in [-0.15, -0.1) is 0 Å². The lowest BCUT2D eigenvalue weighted by molar-refractivity contribution is -0.137. The Morgan fingerprint density at radius 1 is 1.24 bits per heavy atom. The number of amides is 3. The van der Waals surface area contributed by atoms with E-state index in [0.717, 1.165) is 19.3 Å². The zero-order valence-electron chi connectivity index (χ0n) is 18.1. The number of halogens is 2. The molecule has 2 aliphatic heterocycles. The van der Waals surface area contributed by atoms with Crippen molar-refractivity contribution >= 4 is 53.3 Å². The van der Waals surface area contributed by atoms with Crippen LogP contribution < -0.4 is 10.6 Å². The first-order valence-electron chi connectivity index (χ1n) is 11.3. The average Bonchev–Trinajstić information content (AvgIpc) is 3.48. The number of fused-ring (bicyclic) bond motifs is 1. The minimum Gasteiger partial charge on any atom is -0.356 e. The topological polar surface area (TPSA) is 95.6 Å². The second kappa shape index (κ2) is 10.3. The van der Waals surface area contributed by atoms with Crippen molar-refractivity contribution in [2.75, 3.05) is 13.1 Å². The Morgan fingerprint density at radius 3 is 2.76 bits per heavy atom. The van der Waals surface area contributed by atoms with Crippen LogP contribution in [0.15, 0.2) is 24.3 Å². The highest BCUT2D eigenvalue weighted by molar-refractivity contribution is 6.35. The van der Waals surface area contributed by atoms with E-state index < -0.39 is 12.1 Å². The highest BCUT2D eigenvalue weighted by atomic mass is 35.5. The molecule has 1 saturated carbocycles. The number of benzene rings is 1. The molecule has 9 heteroatoms. The molecule has 1 aromatic carbocycles. The van der Waals surface area contributed by atoms with Gasteiger partial charge in [0.2, 0.25) is 17.7 Å². The third kappa shape index (κ3) is 5.25. The van der Waals surface area contributed by atoms with Gasteiger partial charge in [-0.2, -0.15) is 0 Å². The van der Waals surface area contributed by atoms with Crippen molar-refractivity contribution in [3.63, 3.8) is 0 Å². The number of nitrogens with one attached hydrogen (secondary N) is 2. The fraction of sp³-hybridized carbons (Fsp3) is 0.500. The largest absolute Gasteiger partial charge is 0.356 e. The quantitative estimate of drug-likeness (QED) is 0.452. The summed E-state index contributed by atoms with van der Waals surface area (Å²) in [7, 11) is 0. The maximum Gasteiger partial charge on any atom is 0.247 e. The summed E-state index contributed by atoms with van der Waals surface area (Å²) in [4.78, 5) is 51.5. The van der Waals surface area contributed by atoms with Crippen LogP contribution in [0.5, 0.6) is 0 Å². The Balaban J connectivity index is 1.47. The Kier molecular flexibility index (Phi) is 7.39. The first kappa shape index (κ1) is 23.8. The van der Waals surface area contributed by atoms with E-state index in [1.165, 1.54) is 6.08 Å². The SMILES string of the molecule is O=C[C@H](C[C@@H]1CCNC1=O)NC(=O)C1[C@H]2CCC[C@H]2CN1C(=O)/C=C/c1ccc(Cl)cc1Cl. The standard InChI is InChI=1S/C24H27Cl2N3O4/c25-17-6-4-14(20(26)11-17)5-7-21(31)29-12-16-2-1-3-19(16)22(29)24(33)28-18(13-30)10-15-8-9-27-23(15)32/h4-7,11,13,15-16,18-19,22H,1-3,8-10,12H2,(H,27,32)(H,28,33)/b7-5+/t15-,16-,18-,19-,22?/m0/s1. The zero-order chi connectivity index (χ0) is 23.5. The van der Waals surface area contributed by atoms with Gasteiger partial charge in [0, 0.05) is 35.1 Å². The van der Waals surface area contributed by atoms with Gasteiger partial charge in [0.05, 0.1) is 6.04 Å². The summed E-state index contributed by atoms with van der Waals surface area (Å²) in [5, 5.41) is 6.49. The average molecular weight is 492 g/mol. The van der Waals surface area contributed by atoms with Gasteiger partial charge in [0.1, 0.15) is 12.3 Å². The molecule has 0 radical (unpaired) electrons. The van der Waals surface area contributed by atoms with Crippen molar-refractivity contribution in [1.82, 2.24) is 15.5 Å². The Labute approximate surface area is 202 Å². The van der Waals surface area contributed by atoms with Gasteiger partial charge in [0.15, 0.2) is 0 Å². The van der Waals surface area contributed by atoms with Crippen molar-refractivity contribution in [1.29, 1.82) is 0 Å².